The Hall–Kier alpha value is -2.48. The van der Waals surface area contributed by atoms with Crippen LogP contribution >= 0.6 is 11.8 Å². The van der Waals surface area contributed by atoms with Gasteiger partial charge in [0.25, 0.3) is 0 Å². The van der Waals surface area contributed by atoms with Gasteiger partial charge in [-0.2, -0.15) is 0 Å². The van der Waals surface area contributed by atoms with Gasteiger partial charge in [-0.15, -0.1) is 20.5 Å². The number of benzene rings is 2. The fraction of sp³-hybridized carbons (Fsp3) is 0.235. The van der Waals surface area contributed by atoms with Crippen LogP contribution in [0, 0.1) is 0 Å². The number of halogens is 2. The molecule has 1 amide bonds. The van der Waals surface area contributed by atoms with Gasteiger partial charge in [-0.25, -0.2) is 4.79 Å². The molecule has 0 fully saturated rings. The highest BCUT2D eigenvalue weighted by atomic mass is 32.2. The number of fused-ring (bicyclic) bond motifs is 2. The number of carbonyl (C=O) groups is 1. The molecule has 2 heterocycles. The largest absolute Gasteiger partial charge is 0.586 e. The van der Waals surface area contributed by atoms with Crippen LogP contribution in [-0.2, 0) is 4.74 Å². The van der Waals surface area contributed by atoms with Crippen molar-refractivity contribution in [3.8, 4) is 22.6 Å². The lowest BCUT2D eigenvalue weighted by Gasteiger charge is -2.24. The second-order valence-corrected chi connectivity index (χ2v) is 6.78. The molecule has 0 saturated carbocycles. The predicted molar refractivity (Wildman–Crippen MR) is 86.8 cm³/mol. The van der Waals surface area contributed by atoms with Crippen molar-refractivity contribution >= 4 is 17.9 Å². The number of alkyl halides is 2. The lowest BCUT2D eigenvalue weighted by atomic mass is 10.00. The van der Waals surface area contributed by atoms with Crippen LogP contribution < -0.4 is 15.2 Å². The van der Waals surface area contributed by atoms with E-state index in [4.69, 9.17) is 10.5 Å². The average molecular weight is 365 g/mol. The Morgan fingerprint density at radius 1 is 1.16 bits per heavy atom. The fourth-order valence-electron chi connectivity index (χ4n) is 2.93. The molecule has 25 heavy (non-hydrogen) atoms. The van der Waals surface area contributed by atoms with Gasteiger partial charge < -0.3 is 19.9 Å². The Balaban J connectivity index is 1.66. The van der Waals surface area contributed by atoms with Crippen molar-refractivity contribution in [1.82, 2.24) is 0 Å². The molecule has 2 aromatic carbocycles. The molecule has 2 N–H and O–H groups in total. The van der Waals surface area contributed by atoms with Crippen LogP contribution in [0.1, 0.15) is 18.1 Å². The molecule has 1 unspecified atom stereocenters. The molecule has 0 bridgehead atoms. The van der Waals surface area contributed by atoms with Crippen molar-refractivity contribution in [2.45, 2.75) is 23.7 Å². The zero-order valence-corrected chi connectivity index (χ0v) is 13.6. The summed E-state index contributed by atoms with van der Waals surface area (Å²) in [7, 11) is 0. The summed E-state index contributed by atoms with van der Waals surface area (Å²) < 4.78 is 40.3. The number of hydrogen-bond acceptors (Lipinski definition) is 5. The van der Waals surface area contributed by atoms with E-state index in [0.717, 1.165) is 27.3 Å². The van der Waals surface area contributed by atoms with Gasteiger partial charge in [0.2, 0.25) is 0 Å². The number of primary amides is 1. The number of nitrogens with two attached hydrogens (primary N) is 1. The van der Waals surface area contributed by atoms with Crippen LogP contribution in [0.25, 0.3) is 11.1 Å². The van der Waals surface area contributed by atoms with Gasteiger partial charge >= 0.3 is 12.4 Å². The number of ether oxygens (including phenoxy) is 3. The number of hydrogen-bond donors (Lipinski definition) is 1. The van der Waals surface area contributed by atoms with Gasteiger partial charge in [-0.3, -0.25) is 0 Å². The van der Waals surface area contributed by atoms with Crippen LogP contribution in [0.2, 0.25) is 0 Å². The minimum atomic E-state index is -3.63. The Morgan fingerprint density at radius 3 is 2.68 bits per heavy atom. The van der Waals surface area contributed by atoms with Crippen molar-refractivity contribution in [2.75, 3.05) is 5.75 Å². The summed E-state index contributed by atoms with van der Waals surface area (Å²) in [5.74, 6) is 0.806. The quantitative estimate of drug-likeness (QED) is 0.859. The van der Waals surface area contributed by atoms with Crippen LogP contribution in [0.3, 0.4) is 0 Å². The molecule has 0 saturated heterocycles. The second kappa shape index (κ2) is 5.80. The van der Waals surface area contributed by atoms with Gasteiger partial charge in [0.05, 0.1) is 0 Å². The third kappa shape index (κ3) is 3.09. The molecule has 2 aliphatic rings. The Kier molecular flexibility index (Phi) is 3.72. The molecule has 4 rings (SSSR count). The zero-order chi connectivity index (χ0) is 17.6. The summed E-state index contributed by atoms with van der Waals surface area (Å²) in [6.45, 7) is 0. The number of carbonyl (C=O) groups excluding carboxylic acids is 1. The summed E-state index contributed by atoms with van der Waals surface area (Å²) in [5, 5.41) is 0. The summed E-state index contributed by atoms with van der Waals surface area (Å²) >= 11 is 1.65. The Bertz CT molecular complexity index is 859. The first-order valence-electron chi connectivity index (χ1n) is 7.54. The first-order chi connectivity index (χ1) is 11.9. The van der Waals surface area contributed by atoms with Gasteiger partial charge in [0.1, 0.15) is 6.10 Å². The van der Waals surface area contributed by atoms with Crippen LogP contribution in [0.15, 0.2) is 41.3 Å². The maximum Gasteiger partial charge on any atom is 0.586 e. The zero-order valence-electron chi connectivity index (χ0n) is 12.8. The minimum absolute atomic E-state index is 0.00260. The Morgan fingerprint density at radius 2 is 1.88 bits per heavy atom. The molecule has 130 valence electrons. The molecule has 8 heteroatoms. The highest BCUT2D eigenvalue weighted by molar-refractivity contribution is 7.99. The van der Waals surface area contributed by atoms with Gasteiger partial charge in [0, 0.05) is 16.2 Å². The maximum absolute atomic E-state index is 13.1. The van der Waals surface area contributed by atoms with Crippen molar-refractivity contribution in [3.05, 3.63) is 42.0 Å². The SMILES string of the molecule is NC(=O)OC1CCSc2cc(-c3ccc4c(c3)OC(F)(F)O4)ccc21. The second-order valence-electron chi connectivity index (χ2n) is 5.64. The van der Waals surface area contributed by atoms with Crippen molar-refractivity contribution in [1.29, 1.82) is 0 Å². The average Bonchev–Trinajstić information content (AvgIpc) is 2.87. The molecule has 2 aliphatic heterocycles. The summed E-state index contributed by atoms with van der Waals surface area (Å²) in [4.78, 5) is 12.0. The predicted octanol–water partition coefficient (Wildman–Crippen LogP) is 4.31. The lowest BCUT2D eigenvalue weighted by Crippen LogP contribution is -2.25. The van der Waals surface area contributed by atoms with E-state index in [0.29, 0.717) is 6.42 Å². The van der Waals surface area contributed by atoms with Gasteiger partial charge in [0.15, 0.2) is 11.5 Å². The van der Waals surface area contributed by atoms with E-state index in [-0.39, 0.29) is 17.6 Å². The van der Waals surface area contributed by atoms with E-state index >= 15 is 0 Å². The van der Waals surface area contributed by atoms with E-state index in [1.165, 1.54) is 12.1 Å². The van der Waals surface area contributed by atoms with E-state index in [9.17, 15) is 13.6 Å². The van der Waals surface area contributed by atoms with Gasteiger partial charge in [-0.05, 0) is 35.7 Å². The van der Waals surface area contributed by atoms with E-state index < -0.39 is 12.4 Å². The van der Waals surface area contributed by atoms with E-state index in [1.807, 2.05) is 18.2 Å². The third-order valence-electron chi connectivity index (χ3n) is 3.99. The fourth-order valence-corrected chi connectivity index (χ4v) is 4.06. The number of rotatable bonds is 2. The van der Waals surface area contributed by atoms with E-state index in [2.05, 4.69) is 9.47 Å². The maximum atomic E-state index is 13.1. The molecule has 5 nitrogen and oxygen atoms in total. The summed E-state index contributed by atoms with van der Waals surface area (Å²) in [5.41, 5.74) is 7.58. The summed E-state index contributed by atoms with van der Waals surface area (Å²) in [6, 6.07) is 10.3. The number of thioether (sulfide) groups is 1. The standard InChI is InChI=1S/C17H13F2NO4S/c18-17(19)23-13-4-2-9(7-14(13)24-17)10-1-3-11-12(22-16(20)21)5-6-25-15(11)8-10/h1-4,7-8,12H,5-6H2,(H2,20,21). The van der Waals surface area contributed by atoms with Crippen molar-refractivity contribution < 1.29 is 27.8 Å². The molecule has 0 spiro atoms. The van der Waals surface area contributed by atoms with Crippen LogP contribution in [0.5, 0.6) is 11.5 Å². The lowest BCUT2D eigenvalue weighted by molar-refractivity contribution is -0.286. The normalized spacial score (nSPS) is 20.0. The minimum Gasteiger partial charge on any atom is -0.441 e. The highest BCUT2D eigenvalue weighted by Crippen LogP contribution is 2.44. The molecule has 0 aromatic heterocycles. The molecule has 0 radical (unpaired) electrons. The number of amides is 1. The first kappa shape index (κ1) is 16.0. The van der Waals surface area contributed by atoms with Crippen molar-refractivity contribution in [2.24, 2.45) is 5.73 Å². The molecule has 0 aliphatic carbocycles. The highest BCUT2D eigenvalue weighted by Gasteiger charge is 2.43. The monoisotopic (exact) mass is 365 g/mol. The van der Waals surface area contributed by atoms with E-state index in [1.54, 1.807) is 17.8 Å². The molecule has 2 aromatic rings. The van der Waals surface area contributed by atoms with Crippen molar-refractivity contribution in [3.63, 3.8) is 0 Å². The third-order valence-corrected chi connectivity index (χ3v) is 5.10. The molecule has 1 atom stereocenters. The topological polar surface area (TPSA) is 70.8 Å². The Labute approximate surface area is 146 Å². The summed E-state index contributed by atoms with van der Waals surface area (Å²) in [6.07, 6.45) is -4.10. The first-order valence-corrected chi connectivity index (χ1v) is 8.53. The smallest absolute Gasteiger partial charge is 0.441 e. The molecular weight excluding hydrogens is 352 g/mol. The molecular formula is C17H13F2NO4S. The van der Waals surface area contributed by atoms with Crippen LogP contribution in [-0.4, -0.2) is 18.1 Å². The van der Waals surface area contributed by atoms with Gasteiger partial charge in [-0.1, -0.05) is 18.2 Å². The van der Waals surface area contributed by atoms with Crippen LogP contribution in [0.4, 0.5) is 13.6 Å².